The smallest absolute Gasteiger partial charge is 0.328 e. The van der Waals surface area contributed by atoms with Gasteiger partial charge in [0.15, 0.2) is 11.3 Å². The molecule has 3 saturated heterocycles. The molecule has 0 bridgehead atoms. The monoisotopic (exact) mass is 1130 g/mol. The third kappa shape index (κ3) is 18.3. The number of carboxylic acid groups (broad SMARTS) is 1. The first-order valence-electron chi connectivity index (χ1n) is 29.0. The van der Waals surface area contributed by atoms with E-state index in [1.807, 2.05) is 60.9 Å². The Morgan fingerprint density at radius 2 is 1.32 bits per heavy atom. The van der Waals surface area contributed by atoms with Crippen molar-refractivity contribution < 1.29 is 24.2 Å². The Labute approximate surface area is 483 Å². The molecule has 1 amide bonds. The number of ether oxygens (including phenoxy) is 2. The number of benzene rings is 2. The molecule has 0 saturated carbocycles. The molecule has 3 aliphatic rings. The first-order valence-corrected chi connectivity index (χ1v) is 29.0. The quantitative estimate of drug-likeness (QED) is 0.0265. The van der Waals surface area contributed by atoms with Crippen LogP contribution in [-0.2, 0) is 32.2 Å². The van der Waals surface area contributed by atoms with E-state index in [1.54, 1.807) is 16.7 Å². The van der Waals surface area contributed by atoms with Crippen LogP contribution in [0.4, 0.5) is 35.2 Å². The maximum Gasteiger partial charge on any atom is 0.328 e. The van der Waals surface area contributed by atoms with Gasteiger partial charge in [0, 0.05) is 152 Å². The maximum absolute atomic E-state index is 12.5. The molecule has 3 fully saturated rings. The summed E-state index contributed by atoms with van der Waals surface area (Å²) in [5.41, 5.74) is 8.71. The molecule has 23 heteroatoms. The van der Waals surface area contributed by atoms with Gasteiger partial charge >= 0.3 is 5.97 Å². The first kappa shape index (κ1) is 62.2. The van der Waals surface area contributed by atoms with Gasteiger partial charge in [0.2, 0.25) is 29.7 Å². The second kappa shape index (κ2) is 32.3. The lowest BCUT2D eigenvalue weighted by atomic mass is 10.1. The van der Waals surface area contributed by atoms with Gasteiger partial charge in [0.05, 0.1) is 12.4 Å². The minimum atomic E-state index is -0.892. The van der Waals surface area contributed by atoms with Crippen LogP contribution in [0.15, 0.2) is 85.2 Å². The zero-order valence-electron chi connectivity index (χ0n) is 49.4. The van der Waals surface area contributed by atoms with Crippen molar-refractivity contribution in [3.05, 3.63) is 107 Å². The summed E-state index contributed by atoms with van der Waals surface area (Å²) in [5.74, 6) is 2.36. The molecule has 0 unspecified atom stereocenters. The summed E-state index contributed by atoms with van der Waals surface area (Å²) in [6, 6.07) is 17.3. The Bertz CT molecular complexity index is 2980. The Balaban J connectivity index is 0.000000208. The first-order chi connectivity index (χ1) is 39.8. The number of aliphatic carboxylic acids is 1. The molecule has 23 nitrogen and oxygen atoms in total. The Morgan fingerprint density at radius 3 is 1.87 bits per heavy atom. The van der Waals surface area contributed by atoms with E-state index < -0.39 is 5.97 Å². The fraction of sp³-hybridized carbons (Fsp3) is 0.525. The van der Waals surface area contributed by atoms with E-state index in [9.17, 15) is 9.59 Å². The molecule has 0 radical (unpaired) electrons. The highest BCUT2D eigenvalue weighted by atomic mass is 16.5. The number of para-hydroxylation sites is 2. The normalized spacial score (nSPS) is 15.1. The predicted octanol–water partition coefficient (Wildman–Crippen LogP) is 6.17. The summed E-state index contributed by atoms with van der Waals surface area (Å²) in [5, 5.41) is 37.8. The van der Waals surface area contributed by atoms with Crippen molar-refractivity contribution in [2.45, 2.75) is 84.8 Å². The summed E-state index contributed by atoms with van der Waals surface area (Å²) in [6.45, 7) is 23.9. The number of aromatic nitrogens is 8. The van der Waals surface area contributed by atoms with E-state index in [2.05, 4.69) is 128 Å². The van der Waals surface area contributed by atoms with E-state index in [0.29, 0.717) is 88.2 Å². The van der Waals surface area contributed by atoms with Crippen LogP contribution in [0.2, 0.25) is 0 Å². The van der Waals surface area contributed by atoms with Crippen LogP contribution in [0.3, 0.4) is 0 Å². The highest BCUT2D eigenvalue weighted by Gasteiger charge is 2.24. The number of hydrogen-bond donors (Lipinski definition) is 7. The van der Waals surface area contributed by atoms with Gasteiger partial charge in [-0.25, -0.2) is 4.79 Å². The number of piperazine rings is 2. The minimum Gasteiger partial charge on any atom is -0.478 e. The number of likely N-dealkylation sites (N-methyl/N-ethyl adjacent to an activating group) is 2. The third-order valence-corrected chi connectivity index (χ3v) is 14.1. The SMILES string of the molecule is CC(C)c1cnn2c(NCc3ccccc3N3CCNCC3)nc(NC3CCOCC3)nc12.CCOCCCNc1nc(NCc2ccccc2N2CCN(C(=O)/C=C/CNC)CC2)n2ncc(C(C)C)c2n1.CN(C)C/C=C/C(=O)O. The lowest BCUT2D eigenvalue weighted by Crippen LogP contribution is -2.48. The molecule has 7 N–H and O–H groups in total. The Morgan fingerprint density at radius 1 is 0.756 bits per heavy atom. The maximum atomic E-state index is 12.5. The fourth-order valence-electron chi connectivity index (χ4n) is 9.63. The Hall–Kier alpha value is -7.44. The standard InChI is InChI=1S/C29H43N9O2.C24H34N8O.C6H11NO2/c1-5-40-19-9-14-31-28-34-27-24(22(2)3)21-33-38(27)29(35-28)32-20-23-10-6-7-11-25(23)36-15-17-37(18-16-36)26(39)12-8-13-30-4;1-17(2)20-16-27-32-22(20)29-23(28-19-7-13-33-14-8-19)30-24(32)26-15-18-5-3-4-6-21(18)31-11-9-25-10-12-31;1-7(2)5-3-4-6(8)9/h6-8,10-12,21-22,30H,5,9,13-20H2,1-4H3,(H2,31,32,34,35);3-6,16-17,19,25H,7-15H2,1-2H3,(H2,26,28,29,30);3-4H,5H2,1-2H3,(H,8,9)/b12-8+;;4-3+. The van der Waals surface area contributed by atoms with E-state index >= 15 is 0 Å². The lowest BCUT2D eigenvalue weighted by molar-refractivity contribution is -0.131. The van der Waals surface area contributed by atoms with Gasteiger partial charge in [0.25, 0.3) is 0 Å². The minimum absolute atomic E-state index is 0.0694. The molecule has 0 aliphatic carbocycles. The second-order valence-corrected chi connectivity index (χ2v) is 21.2. The number of amides is 1. The summed E-state index contributed by atoms with van der Waals surface area (Å²) < 4.78 is 14.6. The predicted molar refractivity (Wildman–Crippen MR) is 327 cm³/mol. The summed E-state index contributed by atoms with van der Waals surface area (Å²) >= 11 is 0. The van der Waals surface area contributed by atoms with Crippen molar-refractivity contribution in [2.24, 2.45) is 0 Å². The number of rotatable bonds is 24. The van der Waals surface area contributed by atoms with Crippen LogP contribution in [-0.4, -0.2) is 192 Å². The molecule has 4 aromatic heterocycles. The number of anilines is 6. The zero-order valence-corrected chi connectivity index (χ0v) is 49.4. The van der Waals surface area contributed by atoms with Gasteiger partial charge in [-0.2, -0.15) is 39.2 Å². The zero-order chi connectivity index (χ0) is 58.2. The van der Waals surface area contributed by atoms with Gasteiger partial charge in [-0.1, -0.05) is 76.2 Å². The number of carboxylic acids is 1. The highest BCUT2D eigenvalue weighted by Crippen LogP contribution is 2.28. The van der Waals surface area contributed by atoms with E-state index in [0.717, 1.165) is 118 Å². The largest absolute Gasteiger partial charge is 0.478 e. The number of nitrogens with one attached hydrogen (secondary N) is 6. The van der Waals surface area contributed by atoms with Crippen molar-refractivity contribution in [3.8, 4) is 0 Å². The molecule has 3 aliphatic heterocycles. The Kier molecular flexibility index (Phi) is 24.5. The lowest BCUT2D eigenvalue weighted by Gasteiger charge is -2.36. The molecule has 82 heavy (non-hydrogen) atoms. The molecule has 0 spiro atoms. The van der Waals surface area contributed by atoms with Crippen LogP contribution < -0.4 is 41.7 Å². The van der Waals surface area contributed by atoms with Gasteiger partial charge in [0.1, 0.15) is 0 Å². The van der Waals surface area contributed by atoms with Gasteiger partial charge < -0.3 is 66.1 Å². The number of nitrogens with zero attached hydrogens (tertiary/aromatic N) is 12. The second-order valence-electron chi connectivity index (χ2n) is 21.2. The van der Waals surface area contributed by atoms with Crippen molar-refractivity contribution in [3.63, 3.8) is 0 Å². The molecule has 0 atom stereocenters. The molecule has 9 rings (SSSR count). The molecule has 2 aromatic carbocycles. The van der Waals surface area contributed by atoms with Gasteiger partial charge in [-0.3, -0.25) is 4.79 Å². The van der Waals surface area contributed by atoms with E-state index in [1.165, 1.54) is 11.3 Å². The van der Waals surface area contributed by atoms with Gasteiger partial charge in [-0.15, -0.1) is 0 Å². The average Bonchev–Trinajstić information content (AvgIpc) is 4.16. The number of carbonyl (C=O) groups is 2. The van der Waals surface area contributed by atoms with Crippen LogP contribution >= 0.6 is 0 Å². The topological polar surface area (TPSA) is 244 Å². The van der Waals surface area contributed by atoms with E-state index in [4.69, 9.17) is 34.5 Å². The number of carbonyl (C=O) groups excluding carboxylic acids is 1. The van der Waals surface area contributed by atoms with Crippen molar-refractivity contribution in [1.29, 1.82) is 0 Å². The molecular formula is C59H88N18O5. The number of fused-ring (bicyclic) bond motifs is 2. The van der Waals surface area contributed by atoms with Gasteiger partial charge in [-0.05, 0) is 82.4 Å². The summed E-state index contributed by atoms with van der Waals surface area (Å²) in [7, 11) is 5.63. The summed E-state index contributed by atoms with van der Waals surface area (Å²) in [6.07, 6.45) is 12.9. The molecule has 6 aromatic rings. The van der Waals surface area contributed by atoms with Crippen LogP contribution in [0, 0.1) is 0 Å². The molecule has 7 heterocycles. The summed E-state index contributed by atoms with van der Waals surface area (Å²) in [4.78, 5) is 50.2. The third-order valence-electron chi connectivity index (χ3n) is 14.1. The van der Waals surface area contributed by atoms with E-state index in [-0.39, 0.29) is 11.8 Å². The highest BCUT2D eigenvalue weighted by molar-refractivity contribution is 5.87. The van der Waals surface area contributed by atoms with Crippen molar-refractivity contribution in [2.75, 3.05) is 151 Å². The van der Waals surface area contributed by atoms with Crippen molar-refractivity contribution >= 4 is 58.3 Å². The van der Waals surface area contributed by atoms with Crippen molar-refractivity contribution in [1.82, 2.24) is 59.6 Å². The van der Waals surface area contributed by atoms with Crippen LogP contribution in [0.5, 0.6) is 0 Å². The molecular weight excluding hydrogens is 1040 g/mol. The molecule has 444 valence electrons. The van der Waals surface area contributed by atoms with Crippen LogP contribution in [0.1, 0.15) is 88.0 Å². The average molecular weight is 1130 g/mol. The number of hydrogen-bond acceptors (Lipinski definition) is 19. The fourth-order valence-corrected chi connectivity index (χ4v) is 9.63. The van der Waals surface area contributed by atoms with Crippen LogP contribution in [0.25, 0.3) is 11.3 Å².